The monoisotopic (exact) mass is 684 g/mol. The lowest BCUT2D eigenvalue weighted by Crippen LogP contribution is -1.96. The Morgan fingerprint density at radius 3 is 1.65 bits per heavy atom. The molecule has 0 N–H and O–H groups in total. The molecule has 0 spiro atoms. The van der Waals surface area contributed by atoms with Crippen LogP contribution in [0.25, 0.3) is 110 Å². The van der Waals surface area contributed by atoms with E-state index in [0.29, 0.717) is 0 Å². The number of benzene rings is 9. The molecule has 9 aromatic carbocycles. The second-order valence-corrected chi connectivity index (χ2v) is 14.5. The van der Waals surface area contributed by atoms with E-state index in [1.54, 1.807) is 0 Å². The molecule has 11 aromatic rings. The van der Waals surface area contributed by atoms with Gasteiger partial charge in [0.15, 0.2) is 0 Å². The summed E-state index contributed by atoms with van der Waals surface area (Å²) in [4.78, 5) is 0. The van der Waals surface area contributed by atoms with Gasteiger partial charge >= 0.3 is 0 Å². The van der Waals surface area contributed by atoms with E-state index in [0.717, 1.165) is 0 Å². The van der Waals surface area contributed by atoms with Crippen LogP contribution < -0.4 is 0 Å². The van der Waals surface area contributed by atoms with Gasteiger partial charge < -0.3 is 9.13 Å². The number of hydrogen-bond donors (Lipinski definition) is 0. The second-order valence-electron chi connectivity index (χ2n) is 14.5. The van der Waals surface area contributed by atoms with E-state index < -0.39 is 0 Å². The molecule has 1 aliphatic rings. The van der Waals surface area contributed by atoms with Crippen LogP contribution in [-0.4, -0.2) is 9.13 Å². The van der Waals surface area contributed by atoms with Crippen LogP contribution in [0, 0.1) is 0 Å². The van der Waals surface area contributed by atoms with Gasteiger partial charge in [-0.1, -0.05) is 146 Å². The Balaban J connectivity index is 1.08. The smallest absolute Gasteiger partial charge is 0.0619 e. The predicted octanol–water partition coefficient (Wildman–Crippen LogP) is 14.0. The first-order chi connectivity index (χ1) is 26.8. The molecule has 0 unspecified atom stereocenters. The number of aromatic nitrogens is 2. The summed E-state index contributed by atoms with van der Waals surface area (Å²) in [6, 6.07) is 71.6. The summed E-state index contributed by atoms with van der Waals surface area (Å²) in [7, 11) is 0. The molecular weight excluding hydrogens is 653 g/mol. The van der Waals surface area contributed by atoms with Gasteiger partial charge in [0.05, 0.1) is 33.4 Å². The molecule has 2 nitrogen and oxygen atoms in total. The first-order valence-electron chi connectivity index (χ1n) is 18.7. The molecule has 1 aliphatic heterocycles. The molecule has 2 aromatic heterocycles. The van der Waals surface area contributed by atoms with Crippen molar-refractivity contribution in [3.63, 3.8) is 0 Å². The largest absolute Gasteiger partial charge is 0.309 e. The fraction of sp³-hybridized carbons (Fsp3) is 0. The third kappa shape index (κ3) is 4.11. The SMILES string of the molecule is c1ccc(-c2ccc3c(c2)-c2ccccc2-c2cccc4c5cc(-c6ccc7c(c6)c6ccccc6n7-c6cccc7ccccc67)ccc5n-3c24)cc1. The highest BCUT2D eigenvalue weighted by atomic mass is 15.0. The lowest BCUT2D eigenvalue weighted by Gasteiger charge is -2.15. The lowest BCUT2D eigenvalue weighted by atomic mass is 9.91. The number of rotatable bonds is 3. The van der Waals surface area contributed by atoms with Crippen molar-refractivity contribution in [3.8, 4) is 55.9 Å². The standard InChI is InChI=1S/C52H32N2/c1-2-12-33(13-3-1)35-24-28-50-44(30-35)40-18-7-6-17-39(40)42-20-11-21-43-46-32-37(26-29-51(46)54(50)52(42)43)36-25-27-49-45(31-36)41-19-8-9-22-48(41)53(49)47-23-10-15-34-14-4-5-16-38(34)47/h1-32H. The van der Waals surface area contributed by atoms with Crippen molar-refractivity contribution in [2.75, 3.05) is 0 Å². The average Bonchev–Trinajstić information content (AvgIpc) is 3.71. The Hall–Kier alpha value is -7.16. The van der Waals surface area contributed by atoms with E-state index >= 15 is 0 Å². The molecule has 0 radical (unpaired) electrons. The molecule has 0 atom stereocenters. The van der Waals surface area contributed by atoms with E-state index in [1.165, 1.54) is 110 Å². The van der Waals surface area contributed by atoms with E-state index in [1.807, 2.05) is 0 Å². The molecule has 12 rings (SSSR count). The minimum atomic E-state index is 1.20. The molecular formula is C52H32N2. The third-order valence-electron chi connectivity index (χ3n) is 11.7. The van der Waals surface area contributed by atoms with Gasteiger partial charge in [0.1, 0.15) is 0 Å². The zero-order chi connectivity index (χ0) is 35.3. The zero-order valence-electron chi connectivity index (χ0n) is 29.4. The van der Waals surface area contributed by atoms with Crippen LogP contribution >= 0.6 is 0 Å². The highest BCUT2D eigenvalue weighted by Gasteiger charge is 2.25. The molecule has 250 valence electrons. The zero-order valence-corrected chi connectivity index (χ0v) is 29.4. The van der Waals surface area contributed by atoms with Crippen molar-refractivity contribution in [3.05, 3.63) is 194 Å². The average molecular weight is 685 g/mol. The summed E-state index contributed by atoms with van der Waals surface area (Å²) >= 11 is 0. The summed E-state index contributed by atoms with van der Waals surface area (Å²) in [6.45, 7) is 0. The molecule has 0 aliphatic carbocycles. The van der Waals surface area contributed by atoms with E-state index in [4.69, 9.17) is 0 Å². The Morgan fingerprint density at radius 2 is 0.815 bits per heavy atom. The van der Waals surface area contributed by atoms with Crippen LogP contribution in [0.1, 0.15) is 0 Å². The van der Waals surface area contributed by atoms with Crippen molar-refractivity contribution in [2.45, 2.75) is 0 Å². The van der Waals surface area contributed by atoms with Crippen LogP contribution in [0.15, 0.2) is 194 Å². The molecule has 2 heteroatoms. The maximum atomic E-state index is 2.51. The van der Waals surface area contributed by atoms with Crippen LogP contribution in [0.4, 0.5) is 0 Å². The highest BCUT2D eigenvalue weighted by molar-refractivity contribution is 6.18. The van der Waals surface area contributed by atoms with Crippen LogP contribution in [0.2, 0.25) is 0 Å². The number of nitrogens with zero attached hydrogens (tertiary/aromatic N) is 2. The Morgan fingerprint density at radius 1 is 0.259 bits per heavy atom. The van der Waals surface area contributed by atoms with Crippen LogP contribution in [0.5, 0.6) is 0 Å². The van der Waals surface area contributed by atoms with Gasteiger partial charge in [-0.05, 0) is 87.3 Å². The fourth-order valence-corrected chi connectivity index (χ4v) is 9.24. The molecule has 0 amide bonds. The molecule has 0 saturated carbocycles. The van der Waals surface area contributed by atoms with Crippen molar-refractivity contribution < 1.29 is 0 Å². The minimum absolute atomic E-state index is 1.20. The molecule has 0 saturated heterocycles. The maximum absolute atomic E-state index is 2.51. The highest BCUT2D eigenvalue weighted by Crippen LogP contribution is 2.48. The normalized spacial score (nSPS) is 12.1. The summed E-state index contributed by atoms with van der Waals surface area (Å²) in [5.41, 5.74) is 17.3. The van der Waals surface area contributed by atoms with Crippen molar-refractivity contribution in [2.24, 2.45) is 0 Å². The lowest BCUT2D eigenvalue weighted by molar-refractivity contribution is 1.19. The topological polar surface area (TPSA) is 9.86 Å². The first-order valence-corrected chi connectivity index (χ1v) is 18.7. The summed E-state index contributed by atoms with van der Waals surface area (Å²) < 4.78 is 4.95. The van der Waals surface area contributed by atoms with Gasteiger partial charge in [-0.15, -0.1) is 0 Å². The molecule has 54 heavy (non-hydrogen) atoms. The fourth-order valence-electron chi connectivity index (χ4n) is 9.24. The quantitative estimate of drug-likeness (QED) is 0.175. The van der Waals surface area contributed by atoms with Gasteiger partial charge in [0, 0.05) is 38.1 Å². The summed E-state index contributed by atoms with van der Waals surface area (Å²) in [6.07, 6.45) is 0. The molecule has 3 heterocycles. The van der Waals surface area contributed by atoms with Gasteiger partial charge in [0.2, 0.25) is 0 Å². The van der Waals surface area contributed by atoms with E-state index in [-0.39, 0.29) is 0 Å². The molecule has 0 bridgehead atoms. The number of fused-ring (bicyclic) bond motifs is 12. The summed E-state index contributed by atoms with van der Waals surface area (Å²) in [5, 5.41) is 7.55. The van der Waals surface area contributed by atoms with Crippen LogP contribution in [0.3, 0.4) is 0 Å². The summed E-state index contributed by atoms with van der Waals surface area (Å²) in [5.74, 6) is 0. The van der Waals surface area contributed by atoms with Crippen LogP contribution in [-0.2, 0) is 0 Å². The Bertz CT molecular complexity index is 3320. The van der Waals surface area contributed by atoms with Crippen molar-refractivity contribution in [1.29, 1.82) is 0 Å². The van der Waals surface area contributed by atoms with Gasteiger partial charge in [-0.3, -0.25) is 0 Å². The molecule has 0 fully saturated rings. The van der Waals surface area contributed by atoms with Crippen molar-refractivity contribution >= 4 is 54.4 Å². The maximum Gasteiger partial charge on any atom is 0.0619 e. The minimum Gasteiger partial charge on any atom is -0.309 e. The van der Waals surface area contributed by atoms with E-state index in [2.05, 4.69) is 203 Å². The van der Waals surface area contributed by atoms with E-state index in [9.17, 15) is 0 Å². The van der Waals surface area contributed by atoms with Crippen molar-refractivity contribution in [1.82, 2.24) is 9.13 Å². The first kappa shape index (κ1) is 29.4. The third-order valence-corrected chi connectivity index (χ3v) is 11.7. The number of hydrogen-bond acceptors (Lipinski definition) is 0. The predicted molar refractivity (Wildman–Crippen MR) is 228 cm³/mol. The Kier molecular flexibility index (Phi) is 6.09. The Labute approximate surface area is 312 Å². The van der Waals surface area contributed by atoms with Gasteiger partial charge in [-0.25, -0.2) is 0 Å². The van der Waals surface area contributed by atoms with Gasteiger partial charge in [-0.2, -0.15) is 0 Å². The second kappa shape index (κ2) is 11.2. The van der Waals surface area contributed by atoms with Gasteiger partial charge in [0.25, 0.3) is 0 Å². The number of para-hydroxylation sites is 2.